The standard InChI is InChI=1S/C20H22O6.3C7H6O2.Al/c21-15(11-13-7-3-1-4-8-13)17(23)19(25)20(26)18(24)16(22)12-14-9-5-2-6-10-14;3*8-7(9)6-4-2-1-3-5-6;/h1-12,17-26H;3*1-5H,(H,8,9);/q;;;;+3/p-3. The van der Waals surface area contributed by atoms with E-state index in [2.05, 4.69) is 0 Å². The van der Waals surface area contributed by atoms with Crippen LogP contribution in [0.5, 0.6) is 0 Å². The number of aliphatic hydroxyl groups is 6. The second-order valence-corrected chi connectivity index (χ2v) is 10.8. The van der Waals surface area contributed by atoms with Crippen molar-refractivity contribution in [1.82, 2.24) is 0 Å². The molecule has 5 rings (SSSR count). The second kappa shape index (κ2) is 25.0. The number of benzene rings is 5. The summed E-state index contributed by atoms with van der Waals surface area (Å²) in [5.41, 5.74) is 1.82. The van der Waals surface area contributed by atoms with Gasteiger partial charge in [-0.15, -0.1) is 0 Å². The second-order valence-electron chi connectivity index (χ2n) is 10.8. The molecule has 0 bridgehead atoms. The van der Waals surface area contributed by atoms with E-state index in [0.29, 0.717) is 11.1 Å². The topological polar surface area (TPSA) is 242 Å². The number of carbonyl (C=O) groups is 3. The third-order valence-corrected chi connectivity index (χ3v) is 6.86. The van der Waals surface area contributed by atoms with E-state index in [1.807, 2.05) is 0 Å². The van der Waals surface area contributed by atoms with Crippen molar-refractivity contribution in [3.63, 3.8) is 0 Å². The van der Waals surface area contributed by atoms with Gasteiger partial charge in [0, 0.05) is 0 Å². The Hall–Kier alpha value is -6.04. The third-order valence-electron chi connectivity index (χ3n) is 6.86. The number of hydrogen-bond donors (Lipinski definition) is 6. The summed E-state index contributed by atoms with van der Waals surface area (Å²) in [7, 11) is 0. The molecule has 0 aliphatic carbocycles. The summed E-state index contributed by atoms with van der Waals surface area (Å²) in [6.07, 6.45) is -5.07. The van der Waals surface area contributed by atoms with Gasteiger partial charge in [-0.2, -0.15) is 0 Å². The minimum atomic E-state index is -1.92. The van der Waals surface area contributed by atoms with Crippen LogP contribution in [-0.4, -0.2) is 90.3 Å². The normalized spacial score (nSPS) is 12.8. The number of carbonyl (C=O) groups excluding carboxylic acids is 3. The van der Waals surface area contributed by atoms with Crippen LogP contribution in [-0.2, 0) is 0 Å². The third kappa shape index (κ3) is 17.0. The maximum Gasteiger partial charge on any atom is 3.00 e. The largest absolute Gasteiger partial charge is 3.00 e. The summed E-state index contributed by atoms with van der Waals surface area (Å²) in [6.45, 7) is 0. The maximum atomic E-state index is 10.1. The first-order chi connectivity index (χ1) is 25.3. The van der Waals surface area contributed by atoms with Gasteiger partial charge in [0.2, 0.25) is 0 Å². The molecule has 0 saturated heterocycles. The van der Waals surface area contributed by atoms with E-state index >= 15 is 0 Å². The number of rotatable bonds is 10. The van der Waals surface area contributed by atoms with E-state index in [1.54, 1.807) is 115 Å². The molecule has 0 spiro atoms. The van der Waals surface area contributed by atoms with Gasteiger partial charge in [-0.1, -0.05) is 152 Å². The number of carboxylic acids is 3. The molecule has 5 aromatic rings. The van der Waals surface area contributed by atoms with Crippen molar-refractivity contribution in [3.05, 3.63) is 191 Å². The van der Waals surface area contributed by atoms with E-state index in [-0.39, 0.29) is 34.1 Å². The molecule has 0 heterocycles. The molecular weight excluding hydrogens is 711 g/mol. The summed E-state index contributed by atoms with van der Waals surface area (Å²) >= 11 is 0. The average Bonchev–Trinajstić information content (AvgIpc) is 3.19. The molecule has 0 aliphatic rings. The van der Waals surface area contributed by atoms with Crippen molar-refractivity contribution < 1.29 is 60.3 Å². The summed E-state index contributed by atoms with van der Waals surface area (Å²) < 4.78 is 0. The van der Waals surface area contributed by atoms with Crippen molar-refractivity contribution in [2.45, 2.75) is 24.4 Å². The molecule has 276 valence electrons. The Bertz CT molecular complexity index is 1690. The first kappa shape index (κ1) is 46.0. The minimum absolute atomic E-state index is 0. The van der Waals surface area contributed by atoms with Crippen LogP contribution in [0.4, 0.5) is 0 Å². The zero-order chi connectivity index (χ0) is 39.2. The molecule has 0 saturated carbocycles. The predicted molar refractivity (Wildman–Crippen MR) is 196 cm³/mol. The molecule has 0 aromatic heterocycles. The zero-order valence-electron chi connectivity index (χ0n) is 28.6. The van der Waals surface area contributed by atoms with Crippen LogP contribution in [0.1, 0.15) is 42.2 Å². The van der Waals surface area contributed by atoms with Crippen LogP contribution in [0.2, 0.25) is 0 Å². The molecule has 4 unspecified atom stereocenters. The van der Waals surface area contributed by atoms with Crippen LogP contribution in [0.25, 0.3) is 12.2 Å². The van der Waals surface area contributed by atoms with Crippen molar-refractivity contribution in [2.24, 2.45) is 0 Å². The van der Waals surface area contributed by atoms with Gasteiger partial charge < -0.3 is 60.3 Å². The van der Waals surface area contributed by atoms with Crippen LogP contribution in [0, 0.1) is 0 Å². The Morgan fingerprint density at radius 3 is 0.796 bits per heavy atom. The molecule has 6 N–H and O–H groups in total. The average molecular weight is 749 g/mol. The minimum Gasteiger partial charge on any atom is -0.545 e. The molecule has 0 fully saturated rings. The number of aliphatic hydroxyl groups excluding tert-OH is 6. The van der Waals surface area contributed by atoms with Gasteiger partial charge in [0.1, 0.15) is 35.9 Å². The molecule has 54 heavy (non-hydrogen) atoms. The first-order valence-corrected chi connectivity index (χ1v) is 15.7. The molecular formula is C41H37AlO12. The zero-order valence-corrected chi connectivity index (χ0v) is 29.8. The Kier molecular flexibility index (Phi) is 21.3. The Labute approximate surface area is 322 Å². The first-order valence-electron chi connectivity index (χ1n) is 15.7. The van der Waals surface area contributed by atoms with Gasteiger partial charge in [0.25, 0.3) is 0 Å². The molecule has 13 heteroatoms. The number of carboxylic acid groups (broad SMARTS) is 3. The van der Waals surface area contributed by atoms with Gasteiger partial charge in [0.15, 0.2) is 0 Å². The van der Waals surface area contributed by atoms with Gasteiger partial charge >= 0.3 is 17.4 Å². The van der Waals surface area contributed by atoms with Crippen molar-refractivity contribution >= 4 is 47.4 Å². The van der Waals surface area contributed by atoms with Crippen molar-refractivity contribution in [3.8, 4) is 0 Å². The van der Waals surface area contributed by atoms with Gasteiger partial charge in [-0.05, 0) is 40.0 Å². The summed E-state index contributed by atoms with van der Waals surface area (Å²) in [5.74, 6) is -4.55. The summed E-state index contributed by atoms with van der Waals surface area (Å²) in [5, 5.41) is 90.2. The Morgan fingerprint density at radius 1 is 0.407 bits per heavy atom. The SMILES string of the molecule is O=C([O-])c1ccccc1.O=C([O-])c1ccccc1.O=C([O-])c1ccccc1.OC(=Cc1ccccc1)C(O)C(O)C(O)C(O)C(O)=Cc1ccccc1.[Al+3]. The smallest absolute Gasteiger partial charge is 0.545 e. The number of aromatic carboxylic acids is 3. The van der Waals surface area contributed by atoms with E-state index in [1.165, 1.54) is 48.6 Å². The quantitative estimate of drug-likeness (QED) is 0.0878. The molecule has 0 aliphatic heterocycles. The fourth-order valence-corrected chi connectivity index (χ4v) is 4.06. The van der Waals surface area contributed by atoms with Crippen molar-refractivity contribution in [2.75, 3.05) is 0 Å². The van der Waals surface area contributed by atoms with E-state index in [0.717, 1.165) is 0 Å². The molecule has 0 amide bonds. The molecule has 4 atom stereocenters. The van der Waals surface area contributed by atoms with Gasteiger partial charge in [-0.25, -0.2) is 0 Å². The summed E-state index contributed by atoms with van der Waals surface area (Å²) in [6, 6.07) is 41.4. The van der Waals surface area contributed by atoms with Crippen LogP contribution >= 0.6 is 0 Å². The molecule has 5 aromatic carbocycles. The van der Waals surface area contributed by atoms with Gasteiger partial charge in [-0.3, -0.25) is 0 Å². The predicted octanol–water partition coefficient (Wildman–Crippen LogP) is 1.40. The van der Waals surface area contributed by atoms with Gasteiger partial charge in [0.05, 0.1) is 17.9 Å². The van der Waals surface area contributed by atoms with E-state index in [4.69, 9.17) is 0 Å². The van der Waals surface area contributed by atoms with E-state index in [9.17, 15) is 60.3 Å². The van der Waals surface area contributed by atoms with Crippen molar-refractivity contribution in [1.29, 1.82) is 0 Å². The Balaban J connectivity index is 0.000000422. The maximum absolute atomic E-state index is 10.1. The Morgan fingerprint density at radius 2 is 0.611 bits per heavy atom. The fraction of sp³-hybridized carbons (Fsp3) is 0.0976. The summed E-state index contributed by atoms with van der Waals surface area (Å²) in [4.78, 5) is 30.3. The monoisotopic (exact) mass is 748 g/mol. The van der Waals surface area contributed by atoms with Crippen LogP contribution < -0.4 is 15.3 Å². The van der Waals surface area contributed by atoms with Crippen LogP contribution in [0.3, 0.4) is 0 Å². The van der Waals surface area contributed by atoms with Crippen LogP contribution in [0.15, 0.2) is 163 Å². The van der Waals surface area contributed by atoms with E-state index < -0.39 is 53.8 Å². The molecule has 0 radical (unpaired) electrons. The molecule has 12 nitrogen and oxygen atoms in total. The number of hydrogen-bond acceptors (Lipinski definition) is 12. The fourth-order valence-electron chi connectivity index (χ4n) is 4.06.